The lowest BCUT2D eigenvalue weighted by atomic mass is 10.1. The molecule has 33 heavy (non-hydrogen) atoms. The first-order valence-electron chi connectivity index (χ1n) is 10.1. The third-order valence-corrected chi connectivity index (χ3v) is 4.78. The molecule has 4 rings (SSSR count). The SMILES string of the molecule is Cc1cccc(Oc2ccc(F)c(C(=O)Nc3cccc(-c4nncn4C(C)C)c3)c2)n1.Cl. The van der Waals surface area contributed by atoms with Crippen LogP contribution in [0.3, 0.4) is 0 Å². The predicted molar refractivity (Wildman–Crippen MR) is 126 cm³/mol. The first kappa shape index (κ1) is 23.9. The second kappa shape index (κ2) is 10.2. The molecule has 0 fully saturated rings. The summed E-state index contributed by atoms with van der Waals surface area (Å²) < 4.78 is 22.0. The zero-order chi connectivity index (χ0) is 22.7. The van der Waals surface area contributed by atoms with E-state index in [1.54, 1.807) is 30.6 Å². The second-order valence-corrected chi connectivity index (χ2v) is 7.55. The number of aryl methyl sites for hydroxylation is 1. The molecular formula is C24H23ClFN5O2. The van der Waals surface area contributed by atoms with Gasteiger partial charge in [0, 0.05) is 29.1 Å². The smallest absolute Gasteiger partial charge is 0.258 e. The van der Waals surface area contributed by atoms with Crippen molar-refractivity contribution in [3.63, 3.8) is 0 Å². The van der Waals surface area contributed by atoms with Crippen LogP contribution in [-0.2, 0) is 0 Å². The number of anilines is 1. The van der Waals surface area contributed by atoms with Crippen LogP contribution in [0.5, 0.6) is 11.6 Å². The van der Waals surface area contributed by atoms with Gasteiger partial charge in [0.2, 0.25) is 5.88 Å². The highest BCUT2D eigenvalue weighted by Gasteiger charge is 2.16. The molecule has 9 heteroatoms. The Balaban J connectivity index is 0.00000306. The number of aromatic nitrogens is 4. The second-order valence-electron chi connectivity index (χ2n) is 7.55. The third-order valence-electron chi connectivity index (χ3n) is 4.78. The number of nitrogens with one attached hydrogen (secondary N) is 1. The van der Waals surface area contributed by atoms with E-state index in [-0.39, 0.29) is 24.0 Å². The average Bonchev–Trinajstić information content (AvgIpc) is 3.26. The lowest BCUT2D eigenvalue weighted by molar-refractivity contribution is 0.102. The minimum absolute atomic E-state index is 0. The summed E-state index contributed by atoms with van der Waals surface area (Å²) in [5, 5.41) is 10.9. The van der Waals surface area contributed by atoms with E-state index in [0.29, 0.717) is 23.1 Å². The van der Waals surface area contributed by atoms with Gasteiger partial charge in [-0.15, -0.1) is 22.6 Å². The van der Waals surface area contributed by atoms with E-state index in [0.717, 1.165) is 11.3 Å². The minimum atomic E-state index is -0.650. The van der Waals surface area contributed by atoms with Crippen LogP contribution in [0.25, 0.3) is 11.4 Å². The molecule has 0 aliphatic heterocycles. The Bertz CT molecular complexity index is 1280. The van der Waals surface area contributed by atoms with E-state index in [1.165, 1.54) is 18.2 Å². The van der Waals surface area contributed by atoms with Crippen LogP contribution in [0.1, 0.15) is 35.9 Å². The van der Waals surface area contributed by atoms with Crippen LogP contribution < -0.4 is 10.1 Å². The van der Waals surface area contributed by atoms with Crippen molar-refractivity contribution in [1.82, 2.24) is 19.7 Å². The summed E-state index contributed by atoms with van der Waals surface area (Å²) in [5.41, 5.74) is 1.95. The van der Waals surface area contributed by atoms with E-state index < -0.39 is 11.7 Å². The van der Waals surface area contributed by atoms with Crippen molar-refractivity contribution in [2.75, 3.05) is 5.32 Å². The van der Waals surface area contributed by atoms with Crippen LogP contribution in [0.15, 0.2) is 67.0 Å². The first-order chi connectivity index (χ1) is 15.4. The highest BCUT2D eigenvalue weighted by molar-refractivity contribution is 6.05. The quantitative estimate of drug-likeness (QED) is 0.385. The molecule has 0 aliphatic carbocycles. The molecule has 0 atom stereocenters. The molecule has 0 radical (unpaired) electrons. The van der Waals surface area contributed by atoms with Gasteiger partial charge in [0.25, 0.3) is 5.91 Å². The van der Waals surface area contributed by atoms with Crippen LogP contribution in [-0.4, -0.2) is 25.7 Å². The number of hydrogen-bond acceptors (Lipinski definition) is 5. The number of halogens is 2. The fourth-order valence-electron chi connectivity index (χ4n) is 3.20. The largest absolute Gasteiger partial charge is 0.439 e. The van der Waals surface area contributed by atoms with Crippen molar-refractivity contribution in [2.45, 2.75) is 26.8 Å². The van der Waals surface area contributed by atoms with Crippen molar-refractivity contribution in [3.8, 4) is 23.0 Å². The summed E-state index contributed by atoms with van der Waals surface area (Å²) in [6, 6.07) is 16.7. The monoisotopic (exact) mass is 467 g/mol. The molecule has 0 saturated heterocycles. The molecule has 0 bridgehead atoms. The average molecular weight is 468 g/mol. The number of rotatable bonds is 6. The van der Waals surface area contributed by atoms with Crippen molar-refractivity contribution < 1.29 is 13.9 Å². The maximum Gasteiger partial charge on any atom is 0.258 e. The molecule has 1 N–H and O–H groups in total. The van der Waals surface area contributed by atoms with Gasteiger partial charge in [-0.05, 0) is 57.2 Å². The number of hydrogen-bond donors (Lipinski definition) is 1. The van der Waals surface area contributed by atoms with E-state index in [1.807, 2.05) is 43.5 Å². The molecular weight excluding hydrogens is 445 g/mol. The molecule has 2 aromatic heterocycles. The Morgan fingerprint density at radius 1 is 1.09 bits per heavy atom. The maximum absolute atomic E-state index is 14.4. The zero-order valence-electron chi connectivity index (χ0n) is 18.3. The highest BCUT2D eigenvalue weighted by atomic mass is 35.5. The molecule has 2 aromatic carbocycles. The lowest BCUT2D eigenvalue weighted by Crippen LogP contribution is -2.14. The molecule has 0 saturated carbocycles. The number of carbonyl (C=O) groups excluding carboxylic acids is 1. The van der Waals surface area contributed by atoms with E-state index >= 15 is 0 Å². The molecule has 2 heterocycles. The van der Waals surface area contributed by atoms with E-state index in [4.69, 9.17) is 4.74 Å². The lowest BCUT2D eigenvalue weighted by Gasteiger charge is -2.12. The number of pyridine rings is 1. The molecule has 0 unspecified atom stereocenters. The van der Waals surface area contributed by atoms with Crippen LogP contribution in [0, 0.1) is 12.7 Å². The Hall–Kier alpha value is -3.78. The highest BCUT2D eigenvalue weighted by Crippen LogP contribution is 2.25. The van der Waals surface area contributed by atoms with Gasteiger partial charge in [-0.2, -0.15) is 0 Å². The summed E-state index contributed by atoms with van der Waals surface area (Å²) in [6.45, 7) is 5.90. The van der Waals surface area contributed by atoms with E-state index in [2.05, 4.69) is 20.5 Å². The third kappa shape index (κ3) is 5.53. The standard InChI is InChI=1S/C24H22FN5O2.ClH/c1-15(2)30-14-26-29-23(30)17-7-5-8-18(12-17)28-24(31)20-13-19(10-11-21(20)25)32-22-9-4-6-16(3)27-22;/h4-15H,1-3H3,(H,28,31);1H. The van der Waals surface area contributed by atoms with Gasteiger partial charge < -0.3 is 14.6 Å². The number of carbonyl (C=O) groups is 1. The molecule has 4 aromatic rings. The molecule has 0 spiro atoms. The fraction of sp³-hybridized carbons (Fsp3) is 0.167. The van der Waals surface area contributed by atoms with Gasteiger partial charge in [0.05, 0.1) is 5.56 Å². The maximum atomic E-state index is 14.4. The summed E-state index contributed by atoms with van der Waals surface area (Å²) in [6.07, 6.45) is 1.66. The summed E-state index contributed by atoms with van der Waals surface area (Å²) in [5.74, 6) is 0.122. The Morgan fingerprint density at radius 3 is 2.64 bits per heavy atom. The van der Waals surface area contributed by atoms with Gasteiger partial charge in [-0.1, -0.05) is 18.2 Å². The topological polar surface area (TPSA) is 81.9 Å². The van der Waals surface area contributed by atoms with Gasteiger partial charge in [0.1, 0.15) is 17.9 Å². The molecule has 170 valence electrons. The van der Waals surface area contributed by atoms with Crippen molar-refractivity contribution in [2.24, 2.45) is 0 Å². The van der Waals surface area contributed by atoms with Crippen molar-refractivity contribution >= 4 is 24.0 Å². The number of benzene rings is 2. The molecule has 7 nitrogen and oxygen atoms in total. The van der Waals surface area contributed by atoms with Crippen LogP contribution in [0.4, 0.5) is 10.1 Å². The summed E-state index contributed by atoms with van der Waals surface area (Å²) in [7, 11) is 0. The zero-order valence-corrected chi connectivity index (χ0v) is 19.1. The Labute approximate surface area is 197 Å². The Morgan fingerprint density at radius 2 is 1.88 bits per heavy atom. The van der Waals surface area contributed by atoms with Gasteiger partial charge in [0.15, 0.2) is 5.82 Å². The van der Waals surface area contributed by atoms with Crippen LogP contribution >= 0.6 is 12.4 Å². The molecule has 0 aliphatic rings. The normalized spacial score (nSPS) is 10.6. The van der Waals surface area contributed by atoms with Crippen molar-refractivity contribution in [3.05, 3.63) is 84.1 Å². The minimum Gasteiger partial charge on any atom is -0.439 e. The van der Waals surface area contributed by atoms with Crippen molar-refractivity contribution in [1.29, 1.82) is 0 Å². The summed E-state index contributed by atoms with van der Waals surface area (Å²) in [4.78, 5) is 17.1. The van der Waals surface area contributed by atoms with Crippen LogP contribution in [0.2, 0.25) is 0 Å². The molecule has 1 amide bonds. The Kier molecular flexibility index (Phi) is 7.40. The van der Waals surface area contributed by atoms with E-state index in [9.17, 15) is 9.18 Å². The fourth-order valence-corrected chi connectivity index (χ4v) is 3.20. The number of amides is 1. The van der Waals surface area contributed by atoms with Gasteiger partial charge >= 0.3 is 0 Å². The predicted octanol–water partition coefficient (Wildman–Crippen LogP) is 5.83. The first-order valence-corrected chi connectivity index (χ1v) is 10.1. The number of ether oxygens (including phenoxy) is 1. The van der Waals surface area contributed by atoms with Gasteiger partial charge in [-0.25, -0.2) is 9.37 Å². The summed E-state index contributed by atoms with van der Waals surface area (Å²) >= 11 is 0. The number of nitrogens with zero attached hydrogens (tertiary/aromatic N) is 4. The van der Waals surface area contributed by atoms with Gasteiger partial charge in [-0.3, -0.25) is 4.79 Å².